The number of piperidine rings is 1. The third-order valence-corrected chi connectivity index (χ3v) is 5.16. The number of hydrogen-bond donors (Lipinski definition) is 0. The molecule has 3 nitrogen and oxygen atoms in total. The Labute approximate surface area is 119 Å². The van der Waals surface area contributed by atoms with Crippen LogP contribution in [0.5, 0.6) is 0 Å². The van der Waals surface area contributed by atoms with Gasteiger partial charge in [-0.25, -0.2) is 8.78 Å². The molecule has 0 aromatic rings. The van der Waals surface area contributed by atoms with Crippen LogP contribution >= 0.6 is 0 Å². The van der Waals surface area contributed by atoms with E-state index in [1.54, 1.807) is 0 Å². The molecule has 2 saturated heterocycles. The number of amides is 1. The van der Waals surface area contributed by atoms with Gasteiger partial charge in [-0.3, -0.25) is 4.79 Å². The summed E-state index contributed by atoms with van der Waals surface area (Å²) in [5.41, 5.74) is -0.200. The minimum Gasteiger partial charge on any atom is -0.339 e. The van der Waals surface area contributed by atoms with Crippen molar-refractivity contribution >= 4 is 5.91 Å². The van der Waals surface area contributed by atoms with E-state index < -0.39 is 5.92 Å². The number of rotatable bonds is 3. The van der Waals surface area contributed by atoms with E-state index in [0.29, 0.717) is 0 Å². The first-order valence-electron chi connectivity index (χ1n) is 7.73. The minimum absolute atomic E-state index is 0.0303. The van der Waals surface area contributed by atoms with E-state index in [-0.39, 0.29) is 36.1 Å². The molecule has 3 fully saturated rings. The SMILES string of the molecule is CC(C)N1C[C@@]2(CCCN(CC3CC(F)(F)C3)C2)C1=O. The van der Waals surface area contributed by atoms with E-state index in [1.165, 1.54) is 0 Å². The molecule has 0 bridgehead atoms. The molecular weight excluding hydrogens is 262 g/mol. The van der Waals surface area contributed by atoms with Crippen molar-refractivity contribution in [3.8, 4) is 0 Å². The number of likely N-dealkylation sites (tertiary alicyclic amines) is 2. The zero-order chi connectivity index (χ0) is 14.5. The topological polar surface area (TPSA) is 23.6 Å². The molecule has 0 radical (unpaired) electrons. The smallest absolute Gasteiger partial charge is 0.248 e. The predicted molar refractivity (Wildman–Crippen MR) is 72.6 cm³/mol. The second-order valence-corrected chi connectivity index (χ2v) is 7.28. The first kappa shape index (κ1) is 14.2. The lowest BCUT2D eigenvalue weighted by Crippen LogP contribution is -2.68. The second-order valence-electron chi connectivity index (χ2n) is 7.28. The molecule has 1 aliphatic carbocycles. The van der Waals surface area contributed by atoms with Gasteiger partial charge in [0.1, 0.15) is 0 Å². The predicted octanol–water partition coefficient (Wildman–Crippen LogP) is 2.36. The van der Waals surface area contributed by atoms with Gasteiger partial charge in [-0.05, 0) is 39.2 Å². The second kappa shape index (κ2) is 4.65. The van der Waals surface area contributed by atoms with E-state index in [1.807, 2.05) is 18.7 Å². The van der Waals surface area contributed by atoms with E-state index in [4.69, 9.17) is 0 Å². The van der Waals surface area contributed by atoms with Crippen molar-refractivity contribution < 1.29 is 13.6 Å². The van der Waals surface area contributed by atoms with Crippen LogP contribution in [0.4, 0.5) is 8.78 Å². The zero-order valence-corrected chi connectivity index (χ0v) is 12.4. The van der Waals surface area contributed by atoms with Crippen LogP contribution in [0.15, 0.2) is 0 Å². The van der Waals surface area contributed by atoms with Gasteiger partial charge in [-0.15, -0.1) is 0 Å². The van der Waals surface area contributed by atoms with Gasteiger partial charge in [-0.2, -0.15) is 0 Å². The molecule has 1 saturated carbocycles. The summed E-state index contributed by atoms with van der Waals surface area (Å²) in [6, 6.07) is 0.272. The average molecular weight is 286 g/mol. The Hall–Kier alpha value is -0.710. The number of hydrogen-bond acceptors (Lipinski definition) is 2. The molecule has 114 valence electrons. The highest BCUT2D eigenvalue weighted by molar-refractivity contribution is 5.89. The molecule has 5 heteroatoms. The van der Waals surface area contributed by atoms with E-state index in [9.17, 15) is 13.6 Å². The molecule has 3 aliphatic rings. The third-order valence-electron chi connectivity index (χ3n) is 5.16. The summed E-state index contributed by atoms with van der Waals surface area (Å²) in [5, 5.41) is 0. The van der Waals surface area contributed by atoms with Gasteiger partial charge in [0.05, 0.1) is 5.41 Å². The number of β-lactam (4-membered cyclic amide) rings is 1. The highest BCUT2D eigenvalue weighted by Gasteiger charge is 2.55. The highest BCUT2D eigenvalue weighted by Crippen LogP contribution is 2.45. The monoisotopic (exact) mass is 286 g/mol. The Kier molecular flexibility index (Phi) is 3.31. The quantitative estimate of drug-likeness (QED) is 0.744. The molecule has 0 aromatic carbocycles. The Bertz CT molecular complexity index is 405. The van der Waals surface area contributed by atoms with Gasteiger partial charge < -0.3 is 9.80 Å². The number of halogens is 2. The molecule has 0 unspecified atom stereocenters. The van der Waals surface area contributed by atoms with Gasteiger partial charge in [0, 0.05) is 38.5 Å². The van der Waals surface area contributed by atoms with Gasteiger partial charge >= 0.3 is 0 Å². The Balaban J connectivity index is 1.54. The zero-order valence-electron chi connectivity index (χ0n) is 12.4. The first-order valence-corrected chi connectivity index (χ1v) is 7.73. The van der Waals surface area contributed by atoms with Crippen LogP contribution < -0.4 is 0 Å². The molecule has 20 heavy (non-hydrogen) atoms. The average Bonchev–Trinajstić information content (AvgIpc) is 2.33. The van der Waals surface area contributed by atoms with Crippen LogP contribution in [-0.2, 0) is 4.79 Å². The molecule has 3 rings (SSSR count). The van der Waals surface area contributed by atoms with Crippen LogP contribution in [-0.4, -0.2) is 53.9 Å². The summed E-state index contributed by atoms with van der Waals surface area (Å²) in [6.07, 6.45) is 2.04. The maximum absolute atomic E-state index is 12.9. The minimum atomic E-state index is -2.43. The number of alkyl halides is 2. The number of nitrogens with zero attached hydrogens (tertiary/aromatic N) is 2. The fourth-order valence-electron chi connectivity index (χ4n) is 4.06. The molecule has 1 spiro atoms. The van der Waals surface area contributed by atoms with Crippen LogP contribution in [0.3, 0.4) is 0 Å². The van der Waals surface area contributed by atoms with E-state index in [0.717, 1.165) is 39.0 Å². The first-order chi connectivity index (χ1) is 9.31. The normalized spacial score (nSPS) is 34.5. The van der Waals surface area contributed by atoms with Crippen LogP contribution in [0, 0.1) is 11.3 Å². The number of carbonyl (C=O) groups excluding carboxylic acids is 1. The van der Waals surface area contributed by atoms with Crippen molar-refractivity contribution in [3.05, 3.63) is 0 Å². The Morgan fingerprint density at radius 1 is 1.30 bits per heavy atom. The summed E-state index contributed by atoms with van der Waals surface area (Å²) < 4.78 is 25.8. The largest absolute Gasteiger partial charge is 0.339 e. The maximum Gasteiger partial charge on any atom is 0.248 e. The number of carbonyl (C=O) groups is 1. The van der Waals surface area contributed by atoms with Crippen molar-refractivity contribution in [3.63, 3.8) is 0 Å². The van der Waals surface area contributed by atoms with Gasteiger partial charge in [-0.1, -0.05) is 0 Å². The molecule has 1 atom stereocenters. The molecule has 2 aliphatic heterocycles. The lowest BCUT2D eigenvalue weighted by molar-refractivity contribution is -0.171. The van der Waals surface area contributed by atoms with Gasteiger partial charge in [0.25, 0.3) is 0 Å². The summed E-state index contributed by atoms with van der Waals surface area (Å²) >= 11 is 0. The summed E-state index contributed by atoms with van der Waals surface area (Å²) in [6.45, 7) is 7.41. The molecule has 0 aromatic heterocycles. The molecule has 0 N–H and O–H groups in total. The van der Waals surface area contributed by atoms with Crippen molar-refractivity contribution in [2.75, 3.05) is 26.2 Å². The fourth-order valence-corrected chi connectivity index (χ4v) is 4.06. The standard InChI is InChI=1S/C15H24F2N2O/c1-11(2)19-10-14(13(19)20)4-3-5-18(9-14)8-12-6-15(16,17)7-12/h11-12H,3-10H2,1-2H3/t14-/m0/s1. The third kappa shape index (κ3) is 2.34. The highest BCUT2D eigenvalue weighted by atomic mass is 19.3. The molecule has 2 heterocycles. The molecule has 1 amide bonds. The van der Waals surface area contributed by atoms with E-state index in [2.05, 4.69) is 4.90 Å². The van der Waals surface area contributed by atoms with Crippen molar-refractivity contribution in [1.29, 1.82) is 0 Å². The summed E-state index contributed by atoms with van der Waals surface area (Å²) in [4.78, 5) is 16.6. The van der Waals surface area contributed by atoms with Crippen molar-refractivity contribution in [1.82, 2.24) is 9.80 Å². The van der Waals surface area contributed by atoms with Crippen molar-refractivity contribution in [2.24, 2.45) is 11.3 Å². The summed E-state index contributed by atoms with van der Waals surface area (Å²) in [7, 11) is 0. The Morgan fingerprint density at radius 2 is 2.00 bits per heavy atom. The van der Waals surface area contributed by atoms with Crippen LogP contribution in [0.2, 0.25) is 0 Å². The fraction of sp³-hybridized carbons (Fsp3) is 0.933. The van der Waals surface area contributed by atoms with Crippen LogP contribution in [0.25, 0.3) is 0 Å². The lowest BCUT2D eigenvalue weighted by atomic mass is 9.71. The maximum atomic E-state index is 12.9. The van der Waals surface area contributed by atoms with Gasteiger partial charge in [0.2, 0.25) is 11.8 Å². The lowest BCUT2D eigenvalue weighted by Gasteiger charge is -2.55. The molecular formula is C15H24F2N2O. The Morgan fingerprint density at radius 3 is 2.55 bits per heavy atom. The van der Waals surface area contributed by atoms with Crippen LogP contribution in [0.1, 0.15) is 39.5 Å². The van der Waals surface area contributed by atoms with Crippen molar-refractivity contribution in [2.45, 2.75) is 51.5 Å². The van der Waals surface area contributed by atoms with Gasteiger partial charge in [0.15, 0.2) is 0 Å². The summed E-state index contributed by atoms with van der Waals surface area (Å²) in [5.74, 6) is -2.04. The van der Waals surface area contributed by atoms with E-state index >= 15 is 0 Å².